The number of fused-ring (bicyclic) bond motifs is 2. The molecule has 0 radical (unpaired) electrons. The van der Waals surface area contributed by atoms with E-state index in [1.54, 1.807) is 37.1 Å². The highest BCUT2D eigenvalue weighted by atomic mass is 19.3. The van der Waals surface area contributed by atoms with Crippen molar-refractivity contribution in [3.63, 3.8) is 0 Å². The summed E-state index contributed by atoms with van der Waals surface area (Å²) in [5.74, 6) is 0.794. The summed E-state index contributed by atoms with van der Waals surface area (Å²) in [6.07, 6.45) is 6.08. The molecular weight excluding hydrogens is 490 g/mol. The van der Waals surface area contributed by atoms with Crippen LogP contribution in [0.15, 0.2) is 24.5 Å². The van der Waals surface area contributed by atoms with Crippen molar-refractivity contribution in [2.45, 2.75) is 77.0 Å². The second-order valence-electron chi connectivity index (χ2n) is 10.9. The molecule has 1 fully saturated rings. The zero-order valence-corrected chi connectivity index (χ0v) is 21.9. The van der Waals surface area contributed by atoms with Gasteiger partial charge in [0, 0.05) is 67.8 Å². The van der Waals surface area contributed by atoms with Gasteiger partial charge in [-0.15, -0.1) is 0 Å². The van der Waals surface area contributed by atoms with Crippen LogP contribution >= 0.6 is 0 Å². The first-order valence-electron chi connectivity index (χ1n) is 13.6. The monoisotopic (exact) mass is 524 g/mol. The van der Waals surface area contributed by atoms with Gasteiger partial charge in [0.15, 0.2) is 5.82 Å². The molecule has 2 aliphatic heterocycles. The fraction of sp³-hybridized carbons (Fsp3) is 0.536. The van der Waals surface area contributed by atoms with Gasteiger partial charge >= 0.3 is 0 Å². The van der Waals surface area contributed by atoms with Crippen molar-refractivity contribution in [3.8, 4) is 11.1 Å². The van der Waals surface area contributed by atoms with Crippen LogP contribution in [-0.4, -0.2) is 54.7 Å². The Morgan fingerprint density at radius 3 is 2.61 bits per heavy atom. The molecular formula is C28H34F2N6O2. The van der Waals surface area contributed by atoms with Crippen molar-refractivity contribution in [3.05, 3.63) is 46.9 Å². The molecule has 202 valence electrons. The number of amides is 1. The minimum Gasteiger partial charge on any atom is -0.393 e. The number of carbonyl (C=O) groups excluding carboxylic acids is 1. The average molecular weight is 525 g/mol. The second kappa shape index (κ2) is 9.80. The number of benzene rings is 1. The molecule has 0 atom stereocenters. The van der Waals surface area contributed by atoms with E-state index in [1.807, 2.05) is 11.0 Å². The van der Waals surface area contributed by atoms with Crippen LogP contribution in [0.1, 0.15) is 73.9 Å². The lowest BCUT2D eigenvalue weighted by molar-refractivity contribution is -0.129. The molecule has 3 aliphatic rings. The number of aromatic nitrogens is 4. The molecule has 0 bridgehead atoms. The molecule has 1 amide bonds. The van der Waals surface area contributed by atoms with E-state index in [1.165, 1.54) is 0 Å². The van der Waals surface area contributed by atoms with Gasteiger partial charge in [0.1, 0.15) is 0 Å². The molecule has 1 saturated carbocycles. The van der Waals surface area contributed by atoms with Crippen molar-refractivity contribution >= 4 is 17.4 Å². The van der Waals surface area contributed by atoms with E-state index in [4.69, 9.17) is 5.10 Å². The van der Waals surface area contributed by atoms with Crippen LogP contribution in [0, 0.1) is 0 Å². The maximum atomic E-state index is 14.4. The molecule has 1 aromatic carbocycles. The highest BCUT2D eigenvalue weighted by molar-refractivity contribution is 5.78. The van der Waals surface area contributed by atoms with Gasteiger partial charge in [-0.25, -0.2) is 8.78 Å². The van der Waals surface area contributed by atoms with Crippen molar-refractivity contribution in [1.29, 1.82) is 0 Å². The second-order valence-corrected chi connectivity index (χ2v) is 10.9. The van der Waals surface area contributed by atoms with Gasteiger partial charge in [0.05, 0.1) is 24.9 Å². The van der Waals surface area contributed by atoms with E-state index in [2.05, 4.69) is 14.7 Å². The first-order valence-corrected chi connectivity index (χ1v) is 13.6. The number of aliphatic hydroxyl groups excluding tert-OH is 1. The number of nitrogens with zero attached hydrogens (tertiary/aromatic N) is 6. The first kappa shape index (κ1) is 25.0. The van der Waals surface area contributed by atoms with E-state index in [9.17, 15) is 18.7 Å². The van der Waals surface area contributed by atoms with Crippen molar-refractivity contribution in [2.24, 2.45) is 7.05 Å². The van der Waals surface area contributed by atoms with Gasteiger partial charge in [-0.05, 0) is 61.8 Å². The number of anilines is 2. The van der Waals surface area contributed by atoms with Gasteiger partial charge in [-0.2, -0.15) is 10.2 Å². The third-order valence-electron chi connectivity index (χ3n) is 8.40. The molecule has 2 aromatic heterocycles. The summed E-state index contributed by atoms with van der Waals surface area (Å²) in [6, 6.07) is 3.72. The lowest BCUT2D eigenvalue weighted by atomic mass is 9.92. The molecule has 8 nitrogen and oxygen atoms in total. The maximum Gasteiger partial charge on any atom is 0.264 e. The Hall–Kier alpha value is -3.27. The standard InChI is InChI=1S/C28H34F2N6O2/c1-17(37)34-11-9-25-24(16-34)28(32-36(25)20-5-7-21(38)8-6-20)35-10-3-4-18-12-22(19-14-31-33(2)15-19)23(27(29)30)13-26(18)35/h12-15,20-21,27,38H,3-11,16H2,1-2H3/t20-,21+. The van der Waals surface area contributed by atoms with Crippen LogP contribution < -0.4 is 4.90 Å². The number of carbonyl (C=O) groups is 1. The van der Waals surface area contributed by atoms with Gasteiger partial charge in [0.2, 0.25) is 5.91 Å². The van der Waals surface area contributed by atoms with Crippen molar-refractivity contribution in [1.82, 2.24) is 24.5 Å². The highest BCUT2D eigenvalue weighted by Gasteiger charge is 2.34. The molecule has 4 heterocycles. The number of halogens is 2. The lowest BCUT2D eigenvalue weighted by Gasteiger charge is -2.33. The van der Waals surface area contributed by atoms with Gasteiger partial charge in [-0.3, -0.25) is 14.2 Å². The smallest absolute Gasteiger partial charge is 0.264 e. The fourth-order valence-corrected chi connectivity index (χ4v) is 6.38. The summed E-state index contributed by atoms with van der Waals surface area (Å²) in [4.78, 5) is 16.2. The molecule has 0 unspecified atom stereocenters. The molecule has 0 saturated heterocycles. The molecule has 0 spiro atoms. The molecule has 3 aromatic rings. The number of alkyl halides is 2. The number of hydrogen-bond donors (Lipinski definition) is 1. The Morgan fingerprint density at radius 1 is 1.13 bits per heavy atom. The third kappa shape index (κ3) is 4.38. The minimum absolute atomic E-state index is 0.0106. The molecule has 38 heavy (non-hydrogen) atoms. The normalized spacial score (nSPS) is 21.5. The first-order chi connectivity index (χ1) is 18.3. The summed E-state index contributed by atoms with van der Waals surface area (Å²) in [6.45, 7) is 3.37. The van der Waals surface area contributed by atoms with E-state index in [0.29, 0.717) is 37.2 Å². The summed E-state index contributed by atoms with van der Waals surface area (Å²) in [5, 5.41) is 19.4. The number of hydrogen-bond acceptors (Lipinski definition) is 5. The highest BCUT2D eigenvalue weighted by Crippen LogP contribution is 2.44. The van der Waals surface area contributed by atoms with E-state index in [-0.39, 0.29) is 23.6 Å². The Kier molecular flexibility index (Phi) is 6.45. The van der Waals surface area contributed by atoms with E-state index in [0.717, 1.165) is 66.9 Å². The van der Waals surface area contributed by atoms with Crippen LogP contribution in [0.5, 0.6) is 0 Å². The fourth-order valence-electron chi connectivity index (χ4n) is 6.38. The van der Waals surface area contributed by atoms with Crippen molar-refractivity contribution in [2.75, 3.05) is 18.0 Å². The molecule has 10 heteroatoms. The predicted molar refractivity (Wildman–Crippen MR) is 139 cm³/mol. The number of rotatable bonds is 4. The lowest BCUT2D eigenvalue weighted by Crippen LogP contribution is -2.36. The summed E-state index contributed by atoms with van der Waals surface area (Å²) < 4.78 is 32.5. The van der Waals surface area contributed by atoms with Crippen LogP contribution in [0.4, 0.5) is 20.3 Å². The SMILES string of the molecule is CC(=O)N1CCc2c(c(N3CCCc4cc(-c5cnn(C)c5)c(C(F)F)cc43)nn2[C@H]2CC[C@@H](O)CC2)C1. The minimum atomic E-state index is -2.63. The zero-order valence-electron chi connectivity index (χ0n) is 21.9. The average Bonchev–Trinajstić information content (AvgIpc) is 3.51. The molecule has 1 aliphatic carbocycles. The summed E-state index contributed by atoms with van der Waals surface area (Å²) >= 11 is 0. The van der Waals surface area contributed by atoms with Crippen LogP contribution in [0.25, 0.3) is 11.1 Å². The van der Waals surface area contributed by atoms with Gasteiger partial charge in [0.25, 0.3) is 6.43 Å². The van der Waals surface area contributed by atoms with E-state index >= 15 is 0 Å². The van der Waals surface area contributed by atoms with Crippen LogP contribution in [-0.2, 0) is 31.2 Å². The Labute approximate surface area is 220 Å². The van der Waals surface area contributed by atoms with Gasteiger partial charge in [-0.1, -0.05) is 0 Å². The Balaban J connectivity index is 1.46. The zero-order chi connectivity index (χ0) is 26.6. The molecule has 1 N–H and O–H groups in total. The summed E-state index contributed by atoms with van der Waals surface area (Å²) in [7, 11) is 1.78. The quantitative estimate of drug-likeness (QED) is 0.536. The van der Waals surface area contributed by atoms with Crippen LogP contribution in [0.3, 0.4) is 0 Å². The molecule has 6 rings (SSSR count). The number of aliphatic hydroxyl groups is 1. The Morgan fingerprint density at radius 2 is 1.92 bits per heavy atom. The summed E-state index contributed by atoms with van der Waals surface area (Å²) in [5.41, 5.74) is 5.12. The third-order valence-corrected chi connectivity index (χ3v) is 8.40. The van der Waals surface area contributed by atoms with Crippen LogP contribution in [0.2, 0.25) is 0 Å². The Bertz CT molecular complexity index is 1360. The van der Waals surface area contributed by atoms with Crippen molar-refractivity contribution < 1.29 is 18.7 Å². The predicted octanol–water partition coefficient (Wildman–Crippen LogP) is 4.69. The van der Waals surface area contributed by atoms with E-state index < -0.39 is 6.43 Å². The topological polar surface area (TPSA) is 79.4 Å². The largest absolute Gasteiger partial charge is 0.393 e. The van der Waals surface area contributed by atoms with Gasteiger partial charge < -0.3 is 14.9 Å². The number of aryl methyl sites for hydroxylation is 2. The maximum absolute atomic E-state index is 14.4.